The average molecular weight is 291 g/mol. The van der Waals surface area contributed by atoms with E-state index in [0.717, 1.165) is 34.8 Å². The highest BCUT2D eigenvalue weighted by atomic mass is 35.5. The molecule has 0 bridgehead atoms. The molecule has 0 amide bonds. The molecule has 2 aromatic rings. The maximum atomic E-state index is 8.12. The van der Waals surface area contributed by atoms with Crippen molar-refractivity contribution in [2.45, 2.75) is 26.7 Å². The molecule has 0 saturated carbocycles. The van der Waals surface area contributed by atoms with Crippen molar-refractivity contribution in [3.63, 3.8) is 0 Å². The highest BCUT2D eigenvalue weighted by Crippen LogP contribution is 2.25. The summed E-state index contributed by atoms with van der Waals surface area (Å²) in [6, 6.07) is 6.10. The van der Waals surface area contributed by atoms with Crippen LogP contribution in [-0.2, 0) is 16.0 Å². The van der Waals surface area contributed by atoms with Gasteiger partial charge in [-0.3, -0.25) is 4.98 Å². The van der Waals surface area contributed by atoms with Gasteiger partial charge < -0.3 is 0 Å². The summed E-state index contributed by atoms with van der Waals surface area (Å²) in [5, 5.41) is 0.813. The van der Waals surface area contributed by atoms with Gasteiger partial charge in [0.2, 0.25) is 0 Å². The van der Waals surface area contributed by atoms with E-state index < -0.39 is 0 Å². The zero-order valence-corrected chi connectivity index (χ0v) is 12.1. The Bertz CT molecular complexity index is 609. The lowest BCUT2D eigenvalue weighted by Gasteiger charge is -2.06. The van der Waals surface area contributed by atoms with Crippen LogP contribution in [0, 0.1) is 6.92 Å². The number of carbonyl (C=O) groups excluding carboxylic acids is 2. The lowest BCUT2D eigenvalue weighted by atomic mass is 10.1. The molecule has 1 aromatic heterocycles. The Morgan fingerprint density at radius 1 is 1.25 bits per heavy atom. The molecule has 0 spiro atoms. The first kappa shape index (κ1) is 16.0. The predicted octanol–water partition coefficient (Wildman–Crippen LogP) is 3.47. The predicted molar refractivity (Wildman–Crippen MR) is 76.2 cm³/mol. The monoisotopic (exact) mass is 290 g/mol. The molecule has 0 fully saturated rings. The number of aryl methyl sites for hydroxylation is 2. The molecular weight excluding hydrogens is 276 g/mol. The van der Waals surface area contributed by atoms with E-state index in [1.54, 1.807) is 12.4 Å². The van der Waals surface area contributed by atoms with E-state index in [9.17, 15) is 0 Å². The minimum Gasteiger partial charge on any atom is -0.261 e. The van der Waals surface area contributed by atoms with Gasteiger partial charge in [-0.05, 0) is 25.0 Å². The Hall–Kier alpha value is -2.03. The average Bonchev–Trinajstić information content (AvgIpc) is 2.42. The SMILES string of the molecule is CCCc1ccc(-c2cncc(C)n2)cc1Cl.O=C=O. The van der Waals surface area contributed by atoms with Crippen LogP contribution in [0.25, 0.3) is 11.3 Å². The zero-order valence-electron chi connectivity index (χ0n) is 11.4. The summed E-state index contributed by atoms with van der Waals surface area (Å²) < 4.78 is 0. The van der Waals surface area contributed by atoms with E-state index in [-0.39, 0.29) is 6.15 Å². The minimum absolute atomic E-state index is 0.250. The Morgan fingerprint density at radius 2 is 1.95 bits per heavy atom. The van der Waals surface area contributed by atoms with Gasteiger partial charge in [-0.2, -0.15) is 9.59 Å². The van der Waals surface area contributed by atoms with Gasteiger partial charge in [-0.1, -0.05) is 37.1 Å². The normalized spacial score (nSPS) is 9.35. The molecule has 0 radical (unpaired) electrons. The molecule has 4 nitrogen and oxygen atoms in total. The van der Waals surface area contributed by atoms with Crippen molar-refractivity contribution in [2.75, 3.05) is 0 Å². The van der Waals surface area contributed by atoms with Gasteiger partial charge in [0.1, 0.15) is 0 Å². The van der Waals surface area contributed by atoms with Gasteiger partial charge >= 0.3 is 6.15 Å². The van der Waals surface area contributed by atoms with E-state index in [1.165, 1.54) is 5.56 Å². The van der Waals surface area contributed by atoms with E-state index in [0.29, 0.717) is 0 Å². The van der Waals surface area contributed by atoms with E-state index in [2.05, 4.69) is 29.0 Å². The van der Waals surface area contributed by atoms with Crippen molar-refractivity contribution in [3.05, 3.63) is 46.9 Å². The smallest absolute Gasteiger partial charge is 0.261 e. The first-order chi connectivity index (χ1) is 9.62. The van der Waals surface area contributed by atoms with E-state index >= 15 is 0 Å². The van der Waals surface area contributed by atoms with E-state index in [4.69, 9.17) is 21.2 Å². The lowest BCUT2D eigenvalue weighted by molar-refractivity contribution is -0.191. The molecule has 0 N–H and O–H groups in total. The molecule has 104 valence electrons. The number of hydrogen-bond acceptors (Lipinski definition) is 4. The van der Waals surface area contributed by atoms with Crippen LogP contribution in [0.15, 0.2) is 30.6 Å². The summed E-state index contributed by atoms with van der Waals surface area (Å²) in [5.41, 5.74) is 4.00. The number of hydrogen-bond donors (Lipinski definition) is 0. The molecule has 0 aliphatic carbocycles. The quantitative estimate of drug-likeness (QED) is 0.868. The first-order valence-electron chi connectivity index (χ1n) is 6.19. The highest BCUT2D eigenvalue weighted by Gasteiger charge is 2.04. The van der Waals surface area contributed by atoms with Gasteiger partial charge in [0.05, 0.1) is 17.6 Å². The van der Waals surface area contributed by atoms with Crippen LogP contribution >= 0.6 is 11.6 Å². The molecule has 0 saturated heterocycles. The number of aromatic nitrogens is 2. The third-order valence-electron chi connectivity index (χ3n) is 2.62. The van der Waals surface area contributed by atoms with Crippen LogP contribution in [0.4, 0.5) is 0 Å². The number of nitrogens with zero attached hydrogens (tertiary/aromatic N) is 2. The molecule has 0 aliphatic heterocycles. The molecule has 5 heteroatoms. The number of halogens is 1. The molecule has 1 heterocycles. The van der Waals surface area contributed by atoms with Crippen LogP contribution in [0.5, 0.6) is 0 Å². The second kappa shape index (κ2) is 8.20. The van der Waals surface area contributed by atoms with Gasteiger partial charge in [-0.25, -0.2) is 4.98 Å². The maximum Gasteiger partial charge on any atom is 0.373 e. The topological polar surface area (TPSA) is 59.9 Å². The van der Waals surface area contributed by atoms with Crippen molar-refractivity contribution in [1.29, 1.82) is 0 Å². The highest BCUT2D eigenvalue weighted by molar-refractivity contribution is 6.31. The van der Waals surface area contributed by atoms with Crippen LogP contribution in [0.3, 0.4) is 0 Å². The molecular formula is C15H15ClN2O2. The third-order valence-corrected chi connectivity index (χ3v) is 2.98. The zero-order chi connectivity index (χ0) is 15.0. The van der Waals surface area contributed by atoms with Crippen molar-refractivity contribution in [2.24, 2.45) is 0 Å². The summed E-state index contributed by atoms with van der Waals surface area (Å²) in [5.74, 6) is 0. The fourth-order valence-corrected chi connectivity index (χ4v) is 2.06. The Balaban J connectivity index is 0.000000612. The molecule has 0 atom stereocenters. The van der Waals surface area contributed by atoms with Crippen molar-refractivity contribution >= 4 is 17.8 Å². The fourth-order valence-electron chi connectivity index (χ4n) is 1.78. The van der Waals surface area contributed by atoms with Crippen molar-refractivity contribution in [3.8, 4) is 11.3 Å². The summed E-state index contributed by atoms with van der Waals surface area (Å²) in [4.78, 5) is 24.8. The van der Waals surface area contributed by atoms with E-state index in [1.807, 2.05) is 13.0 Å². The largest absolute Gasteiger partial charge is 0.373 e. The standard InChI is InChI=1S/C14H15ClN2.CO2/c1-3-4-11-5-6-12(7-13(11)15)14-9-16-8-10(2)17-14;2-1-3/h5-9H,3-4H2,1-2H3;. The Morgan fingerprint density at radius 3 is 2.50 bits per heavy atom. The van der Waals surface area contributed by atoms with Gasteiger partial charge in [-0.15, -0.1) is 0 Å². The van der Waals surface area contributed by atoms with Crippen molar-refractivity contribution < 1.29 is 9.59 Å². The molecule has 20 heavy (non-hydrogen) atoms. The number of benzene rings is 1. The molecule has 0 aliphatic rings. The van der Waals surface area contributed by atoms with Crippen LogP contribution < -0.4 is 0 Å². The molecule has 1 aromatic carbocycles. The minimum atomic E-state index is 0.250. The molecule has 0 unspecified atom stereocenters. The summed E-state index contributed by atoms with van der Waals surface area (Å²) >= 11 is 6.25. The second-order valence-corrected chi connectivity index (χ2v) is 4.59. The van der Waals surface area contributed by atoms with Crippen LogP contribution in [-0.4, -0.2) is 16.1 Å². The summed E-state index contributed by atoms with van der Waals surface area (Å²) in [6.07, 6.45) is 5.87. The molecule has 2 rings (SSSR count). The summed E-state index contributed by atoms with van der Waals surface area (Å²) in [7, 11) is 0. The second-order valence-electron chi connectivity index (χ2n) is 4.19. The van der Waals surface area contributed by atoms with Gasteiger partial charge in [0.15, 0.2) is 0 Å². The van der Waals surface area contributed by atoms with Crippen LogP contribution in [0.2, 0.25) is 5.02 Å². The number of rotatable bonds is 3. The van der Waals surface area contributed by atoms with Crippen LogP contribution in [0.1, 0.15) is 24.6 Å². The lowest BCUT2D eigenvalue weighted by Crippen LogP contribution is -1.91. The Kier molecular flexibility index (Phi) is 6.57. The first-order valence-corrected chi connectivity index (χ1v) is 6.56. The fraction of sp³-hybridized carbons (Fsp3) is 0.267. The third kappa shape index (κ3) is 4.57. The maximum absolute atomic E-state index is 8.12. The van der Waals surface area contributed by atoms with Crippen molar-refractivity contribution in [1.82, 2.24) is 9.97 Å². The van der Waals surface area contributed by atoms with Gasteiger partial charge in [0.25, 0.3) is 0 Å². The van der Waals surface area contributed by atoms with Gasteiger partial charge in [0, 0.05) is 16.8 Å². The Labute approximate surface area is 122 Å². The summed E-state index contributed by atoms with van der Waals surface area (Å²) in [6.45, 7) is 4.08.